The summed E-state index contributed by atoms with van der Waals surface area (Å²) >= 11 is 0. The first-order chi connectivity index (χ1) is 17.0. The second-order valence-corrected chi connectivity index (χ2v) is 11.1. The lowest BCUT2D eigenvalue weighted by molar-refractivity contribution is -0.123. The Bertz CT molecular complexity index is 806. The Balaban J connectivity index is 1.08. The number of ketones is 1. The molecule has 194 valence electrons. The number of methoxy groups -OCH3 is 1. The van der Waals surface area contributed by atoms with Crippen LogP contribution in [0, 0.1) is 23.6 Å². The van der Waals surface area contributed by atoms with E-state index in [9.17, 15) is 14.0 Å². The standard InChI is InChI=1S/C29H43FN2O3/c1-35-27-12-4-22(5-13-27)20-28(33)31-26-10-2-21(3-11-26)14-17-32-18-15-24(16-19-32)29(34)23-6-8-25(30)9-7-23/h6-9,21-22,24,26-27H,2-5,10-20H2,1H3,(H,31,33). The molecule has 1 aromatic rings. The lowest BCUT2D eigenvalue weighted by Gasteiger charge is -2.34. The third-order valence-electron chi connectivity index (χ3n) is 8.75. The molecular formula is C29H43FN2O3. The summed E-state index contributed by atoms with van der Waals surface area (Å²) < 4.78 is 18.6. The zero-order valence-electron chi connectivity index (χ0n) is 21.4. The zero-order chi connectivity index (χ0) is 24.6. The van der Waals surface area contributed by atoms with Crippen molar-refractivity contribution in [3.8, 4) is 0 Å². The molecule has 1 aliphatic heterocycles. The molecule has 5 nitrogen and oxygen atoms in total. The molecule has 1 N–H and O–H groups in total. The van der Waals surface area contributed by atoms with Crippen molar-refractivity contribution in [1.29, 1.82) is 0 Å². The average Bonchev–Trinajstić information content (AvgIpc) is 2.89. The molecule has 6 heteroatoms. The topological polar surface area (TPSA) is 58.6 Å². The molecule has 3 fully saturated rings. The largest absolute Gasteiger partial charge is 0.381 e. The molecule has 0 aromatic heterocycles. The summed E-state index contributed by atoms with van der Waals surface area (Å²) in [6.07, 6.45) is 13.0. The van der Waals surface area contributed by atoms with Crippen LogP contribution < -0.4 is 5.32 Å². The fourth-order valence-corrected chi connectivity index (χ4v) is 6.35. The second-order valence-electron chi connectivity index (χ2n) is 11.1. The number of halogens is 1. The van der Waals surface area contributed by atoms with E-state index in [-0.39, 0.29) is 23.4 Å². The first-order valence-electron chi connectivity index (χ1n) is 13.8. The van der Waals surface area contributed by atoms with Crippen molar-refractivity contribution in [2.24, 2.45) is 17.8 Å². The number of carbonyl (C=O) groups is 2. The van der Waals surface area contributed by atoms with E-state index in [1.54, 1.807) is 19.2 Å². The van der Waals surface area contributed by atoms with E-state index < -0.39 is 0 Å². The second kappa shape index (κ2) is 13.0. The van der Waals surface area contributed by atoms with Gasteiger partial charge in [0.2, 0.25) is 5.91 Å². The van der Waals surface area contributed by atoms with Gasteiger partial charge in [0, 0.05) is 31.1 Å². The first kappa shape index (κ1) is 26.3. The van der Waals surface area contributed by atoms with Gasteiger partial charge in [-0.05, 0) is 126 Å². The van der Waals surface area contributed by atoms with E-state index in [0.29, 0.717) is 30.0 Å². The Kier molecular flexibility index (Phi) is 9.73. The van der Waals surface area contributed by atoms with Crippen LogP contribution in [0.25, 0.3) is 0 Å². The quantitative estimate of drug-likeness (QED) is 0.476. The van der Waals surface area contributed by atoms with Crippen molar-refractivity contribution >= 4 is 11.7 Å². The van der Waals surface area contributed by atoms with Gasteiger partial charge in [-0.3, -0.25) is 9.59 Å². The fourth-order valence-electron chi connectivity index (χ4n) is 6.35. The molecule has 35 heavy (non-hydrogen) atoms. The number of nitrogens with one attached hydrogen (secondary N) is 1. The number of hydrogen-bond donors (Lipinski definition) is 1. The number of rotatable bonds is 9. The number of ether oxygens (including phenoxy) is 1. The molecule has 2 aliphatic carbocycles. The van der Waals surface area contributed by atoms with Crippen molar-refractivity contribution in [2.75, 3.05) is 26.7 Å². The summed E-state index contributed by atoms with van der Waals surface area (Å²) in [5, 5.41) is 3.32. The van der Waals surface area contributed by atoms with Crippen molar-refractivity contribution in [1.82, 2.24) is 10.2 Å². The number of piperidine rings is 1. The molecule has 0 atom stereocenters. The van der Waals surface area contributed by atoms with Gasteiger partial charge in [0.1, 0.15) is 5.82 Å². The molecule has 3 aliphatic rings. The van der Waals surface area contributed by atoms with Crippen LogP contribution in [0.4, 0.5) is 4.39 Å². The maximum Gasteiger partial charge on any atom is 0.220 e. The SMILES string of the molecule is COC1CCC(CC(=O)NC2CCC(CCN3CCC(C(=O)c4ccc(F)cc4)CC3)CC2)CC1. The van der Waals surface area contributed by atoms with Crippen molar-refractivity contribution in [3.63, 3.8) is 0 Å². The highest BCUT2D eigenvalue weighted by atomic mass is 19.1. The van der Waals surface area contributed by atoms with E-state index in [4.69, 9.17) is 4.74 Å². The summed E-state index contributed by atoms with van der Waals surface area (Å²) in [6.45, 7) is 3.04. The number of hydrogen-bond acceptors (Lipinski definition) is 4. The number of likely N-dealkylation sites (tertiary alicyclic amines) is 1. The van der Waals surface area contributed by atoms with Gasteiger partial charge in [-0.1, -0.05) is 0 Å². The van der Waals surface area contributed by atoms with Crippen molar-refractivity contribution in [2.45, 2.75) is 89.2 Å². The van der Waals surface area contributed by atoms with Crippen LogP contribution in [-0.2, 0) is 9.53 Å². The monoisotopic (exact) mass is 486 g/mol. The summed E-state index contributed by atoms with van der Waals surface area (Å²) in [5.41, 5.74) is 0.632. The van der Waals surface area contributed by atoms with Gasteiger partial charge in [-0.25, -0.2) is 4.39 Å². The number of nitrogens with zero attached hydrogens (tertiary/aromatic N) is 1. The van der Waals surface area contributed by atoms with E-state index in [1.807, 2.05) is 0 Å². The van der Waals surface area contributed by atoms with Gasteiger partial charge in [-0.2, -0.15) is 0 Å². The minimum atomic E-state index is -0.298. The molecular weight excluding hydrogens is 443 g/mol. The average molecular weight is 487 g/mol. The minimum Gasteiger partial charge on any atom is -0.381 e. The molecule has 0 unspecified atom stereocenters. The van der Waals surface area contributed by atoms with Crippen LogP contribution >= 0.6 is 0 Å². The molecule has 1 heterocycles. The lowest BCUT2D eigenvalue weighted by Crippen LogP contribution is -2.40. The number of amides is 1. The zero-order valence-corrected chi connectivity index (χ0v) is 21.4. The van der Waals surface area contributed by atoms with E-state index in [2.05, 4.69) is 10.2 Å². The Hall–Kier alpha value is -1.79. The highest BCUT2D eigenvalue weighted by Gasteiger charge is 2.28. The van der Waals surface area contributed by atoms with Crippen molar-refractivity contribution in [3.05, 3.63) is 35.6 Å². The molecule has 1 aromatic carbocycles. The van der Waals surface area contributed by atoms with E-state index in [1.165, 1.54) is 31.4 Å². The highest BCUT2D eigenvalue weighted by molar-refractivity contribution is 5.97. The van der Waals surface area contributed by atoms with Crippen LogP contribution in [0.15, 0.2) is 24.3 Å². The molecule has 2 saturated carbocycles. The maximum absolute atomic E-state index is 13.1. The molecule has 0 spiro atoms. The lowest BCUT2D eigenvalue weighted by atomic mass is 9.83. The van der Waals surface area contributed by atoms with Crippen LogP contribution in [0.5, 0.6) is 0 Å². The summed E-state index contributed by atoms with van der Waals surface area (Å²) in [5.74, 6) is 1.43. The van der Waals surface area contributed by atoms with Gasteiger partial charge < -0.3 is 15.0 Å². The third-order valence-corrected chi connectivity index (χ3v) is 8.75. The van der Waals surface area contributed by atoms with Gasteiger partial charge >= 0.3 is 0 Å². The third kappa shape index (κ3) is 7.85. The number of Topliss-reactive ketones (excluding diaryl/α,β-unsaturated/α-hetero) is 1. The Morgan fingerprint density at radius 1 is 0.914 bits per heavy atom. The van der Waals surface area contributed by atoms with Crippen LogP contribution in [0.3, 0.4) is 0 Å². The van der Waals surface area contributed by atoms with E-state index in [0.717, 1.165) is 76.9 Å². The smallest absolute Gasteiger partial charge is 0.220 e. The Labute approximate surface area is 210 Å². The molecule has 0 bridgehead atoms. The van der Waals surface area contributed by atoms with Crippen LogP contribution in [-0.4, -0.2) is 55.5 Å². The normalized spacial score (nSPS) is 28.5. The van der Waals surface area contributed by atoms with Crippen LogP contribution in [0.1, 0.15) is 87.4 Å². The summed E-state index contributed by atoms with van der Waals surface area (Å²) in [4.78, 5) is 27.7. The predicted molar refractivity (Wildman–Crippen MR) is 136 cm³/mol. The Morgan fingerprint density at radius 3 is 2.17 bits per heavy atom. The van der Waals surface area contributed by atoms with Gasteiger partial charge in [0.05, 0.1) is 6.10 Å². The maximum atomic E-state index is 13.1. The predicted octanol–water partition coefficient (Wildman–Crippen LogP) is 5.38. The molecule has 0 radical (unpaired) electrons. The van der Waals surface area contributed by atoms with Gasteiger partial charge in [0.25, 0.3) is 0 Å². The van der Waals surface area contributed by atoms with Gasteiger partial charge in [0.15, 0.2) is 5.78 Å². The van der Waals surface area contributed by atoms with Crippen molar-refractivity contribution < 1.29 is 18.7 Å². The fraction of sp³-hybridized carbons (Fsp3) is 0.724. The summed E-state index contributed by atoms with van der Waals surface area (Å²) in [6, 6.07) is 6.31. The number of benzene rings is 1. The Morgan fingerprint density at radius 2 is 1.54 bits per heavy atom. The molecule has 1 saturated heterocycles. The molecule has 4 rings (SSSR count). The first-order valence-corrected chi connectivity index (χ1v) is 13.8. The summed E-state index contributed by atoms with van der Waals surface area (Å²) in [7, 11) is 1.79. The molecule has 1 amide bonds. The van der Waals surface area contributed by atoms with E-state index >= 15 is 0 Å². The van der Waals surface area contributed by atoms with Crippen LogP contribution in [0.2, 0.25) is 0 Å². The highest BCUT2D eigenvalue weighted by Crippen LogP contribution is 2.30. The minimum absolute atomic E-state index is 0.0609. The number of carbonyl (C=O) groups excluding carboxylic acids is 2. The van der Waals surface area contributed by atoms with Gasteiger partial charge in [-0.15, -0.1) is 0 Å².